The van der Waals surface area contributed by atoms with Crippen molar-refractivity contribution in [1.82, 2.24) is 14.8 Å². The number of carbonyl (C=O) groups excluding carboxylic acids is 3. The maximum Gasteiger partial charge on any atom is 0.339 e. The van der Waals surface area contributed by atoms with Crippen molar-refractivity contribution in [2.75, 3.05) is 50.8 Å². The Labute approximate surface area is 200 Å². The summed E-state index contributed by atoms with van der Waals surface area (Å²) in [7, 11) is 0. The summed E-state index contributed by atoms with van der Waals surface area (Å²) in [4.78, 5) is 48.2. The minimum absolute atomic E-state index is 0.000316. The molecular weight excluding hydrogens is 432 g/mol. The number of likely N-dealkylation sites (tertiary alicyclic amines) is 1. The van der Waals surface area contributed by atoms with E-state index in [2.05, 4.69) is 9.88 Å². The van der Waals surface area contributed by atoms with Gasteiger partial charge >= 0.3 is 5.97 Å². The summed E-state index contributed by atoms with van der Waals surface area (Å²) in [5.41, 5.74) is 2.22. The standard InChI is InChI=1S/C26H32N4O4/c1-3-34-26(33)21-10-11-23(27-17-21)28-13-15-29(16-14-28)25(32)22-5-4-12-30(18-22)24(31)20-8-6-19(2)7-9-20/h6-11,17,22H,3-5,12-16,18H2,1-2H3. The zero-order chi connectivity index (χ0) is 24.1. The zero-order valence-corrected chi connectivity index (χ0v) is 19.9. The molecule has 0 bridgehead atoms. The molecule has 0 N–H and O–H groups in total. The Hall–Kier alpha value is -3.42. The average molecular weight is 465 g/mol. The van der Waals surface area contributed by atoms with Crippen molar-refractivity contribution >= 4 is 23.6 Å². The van der Waals surface area contributed by atoms with Gasteiger partial charge in [-0.3, -0.25) is 9.59 Å². The molecule has 3 heterocycles. The molecule has 2 fully saturated rings. The summed E-state index contributed by atoms with van der Waals surface area (Å²) in [6.07, 6.45) is 3.19. The summed E-state index contributed by atoms with van der Waals surface area (Å²) in [5.74, 6) is 0.384. The van der Waals surface area contributed by atoms with Crippen LogP contribution < -0.4 is 4.90 Å². The number of hydrogen-bond acceptors (Lipinski definition) is 6. The van der Waals surface area contributed by atoms with Gasteiger partial charge in [0, 0.05) is 51.0 Å². The third-order valence-electron chi connectivity index (χ3n) is 6.53. The molecule has 0 spiro atoms. The van der Waals surface area contributed by atoms with Crippen molar-refractivity contribution in [3.63, 3.8) is 0 Å². The summed E-state index contributed by atoms with van der Waals surface area (Å²) < 4.78 is 5.00. The van der Waals surface area contributed by atoms with Crippen molar-refractivity contribution in [2.45, 2.75) is 26.7 Å². The number of piperazine rings is 1. The number of piperidine rings is 1. The van der Waals surface area contributed by atoms with Gasteiger partial charge in [0.1, 0.15) is 5.82 Å². The largest absolute Gasteiger partial charge is 0.462 e. The number of carbonyl (C=O) groups is 3. The van der Waals surface area contributed by atoms with Gasteiger partial charge in [-0.15, -0.1) is 0 Å². The van der Waals surface area contributed by atoms with Crippen molar-refractivity contribution in [3.8, 4) is 0 Å². The number of esters is 1. The quantitative estimate of drug-likeness (QED) is 0.633. The van der Waals surface area contributed by atoms with Crippen LogP contribution in [0.4, 0.5) is 5.82 Å². The second-order valence-electron chi connectivity index (χ2n) is 8.89. The van der Waals surface area contributed by atoms with Crippen LogP contribution in [0.5, 0.6) is 0 Å². The summed E-state index contributed by atoms with van der Waals surface area (Å²) in [6, 6.07) is 11.1. The summed E-state index contributed by atoms with van der Waals surface area (Å²) in [5, 5.41) is 0. The number of pyridine rings is 1. The van der Waals surface area contributed by atoms with Crippen LogP contribution in [0.3, 0.4) is 0 Å². The predicted octanol–water partition coefficient (Wildman–Crippen LogP) is 2.77. The van der Waals surface area contributed by atoms with E-state index in [1.54, 1.807) is 13.0 Å². The molecule has 8 heteroatoms. The van der Waals surface area contributed by atoms with E-state index in [1.807, 2.05) is 47.1 Å². The lowest BCUT2D eigenvalue weighted by Gasteiger charge is -2.39. The van der Waals surface area contributed by atoms with Crippen LogP contribution in [-0.2, 0) is 9.53 Å². The van der Waals surface area contributed by atoms with Crippen LogP contribution in [0.1, 0.15) is 46.0 Å². The Morgan fingerprint density at radius 3 is 2.29 bits per heavy atom. The lowest BCUT2D eigenvalue weighted by atomic mass is 9.95. The highest BCUT2D eigenvalue weighted by atomic mass is 16.5. The molecule has 2 aliphatic heterocycles. The lowest BCUT2D eigenvalue weighted by molar-refractivity contribution is -0.137. The molecule has 1 atom stereocenters. The number of amides is 2. The maximum absolute atomic E-state index is 13.2. The molecule has 2 aliphatic rings. The number of hydrogen-bond donors (Lipinski definition) is 0. The SMILES string of the molecule is CCOC(=O)c1ccc(N2CCN(C(=O)C3CCCN(C(=O)c4ccc(C)cc4)C3)CC2)nc1. The van der Waals surface area contributed by atoms with Gasteiger partial charge in [0.2, 0.25) is 5.91 Å². The second kappa shape index (κ2) is 10.7. The fourth-order valence-electron chi connectivity index (χ4n) is 4.56. The minimum Gasteiger partial charge on any atom is -0.462 e. The Morgan fingerprint density at radius 2 is 1.65 bits per heavy atom. The first-order valence-electron chi connectivity index (χ1n) is 12.0. The van der Waals surface area contributed by atoms with E-state index in [9.17, 15) is 14.4 Å². The van der Waals surface area contributed by atoms with Crippen molar-refractivity contribution in [1.29, 1.82) is 0 Å². The molecule has 4 rings (SSSR count). The van der Waals surface area contributed by atoms with E-state index in [-0.39, 0.29) is 23.7 Å². The highest BCUT2D eigenvalue weighted by Gasteiger charge is 2.33. The van der Waals surface area contributed by atoms with Crippen LogP contribution in [0.2, 0.25) is 0 Å². The number of rotatable bonds is 5. The van der Waals surface area contributed by atoms with E-state index in [0.29, 0.717) is 57.0 Å². The van der Waals surface area contributed by atoms with Crippen molar-refractivity contribution in [3.05, 3.63) is 59.3 Å². The number of benzene rings is 1. The third-order valence-corrected chi connectivity index (χ3v) is 6.53. The number of ether oxygens (including phenoxy) is 1. The molecule has 8 nitrogen and oxygen atoms in total. The molecule has 0 saturated carbocycles. The second-order valence-corrected chi connectivity index (χ2v) is 8.89. The Kier molecular flexibility index (Phi) is 7.45. The van der Waals surface area contributed by atoms with Crippen LogP contribution in [0.15, 0.2) is 42.6 Å². The topological polar surface area (TPSA) is 83.0 Å². The highest BCUT2D eigenvalue weighted by Crippen LogP contribution is 2.23. The van der Waals surface area contributed by atoms with Gasteiger partial charge in [-0.25, -0.2) is 9.78 Å². The van der Waals surface area contributed by atoms with Gasteiger partial charge in [0.05, 0.1) is 18.1 Å². The monoisotopic (exact) mass is 464 g/mol. The van der Waals surface area contributed by atoms with E-state index in [4.69, 9.17) is 4.74 Å². The molecule has 1 aromatic carbocycles. The Morgan fingerprint density at radius 1 is 0.941 bits per heavy atom. The molecule has 2 amide bonds. The van der Waals surface area contributed by atoms with Crippen molar-refractivity contribution < 1.29 is 19.1 Å². The molecular formula is C26H32N4O4. The summed E-state index contributed by atoms with van der Waals surface area (Å²) in [6.45, 7) is 7.85. The Bertz CT molecular complexity index is 1010. The van der Waals surface area contributed by atoms with Gasteiger partial charge in [0.25, 0.3) is 5.91 Å². The smallest absolute Gasteiger partial charge is 0.339 e. The number of anilines is 1. The molecule has 2 aromatic rings. The maximum atomic E-state index is 13.2. The Balaban J connectivity index is 1.31. The molecule has 34 heavy (non-hydrogen) atoms. The van der Waals surface area contributed by atoms with Crippen LogP contribution in [0.25, 0.3) is 0 Å². The highest BCUT2D eigenvalue weighted by molar-refractivity contribution is 5.94. The van der Waals surface area contributed by atoms with Crippen LogP contribution >= 0.6 is 0 Å². The predicted molar refractivity (Wildman–Crippen MR) is 129 cm³/mol. The van der Waals surface area contributed by atoms with E-state index in [1.165, 1.54) is 6.20 Å². The fourth-order valence-corrected chi connectivity index (χ4v) is 4.56. The molecule has 180 valence electrons. The summed E-state index contributed by atoms with van der Waals surface area (Å²) >= 11 is 0. The van der Waals surface area contributed by atoms with Gasteiger partial charge in [0.15, 0.2) is 0 Å². The van der Waals surface area contributed by atoms with Gasteiger partial charge < -0.3 is 19.4 Å². The average Bonchev–Trinajstić information content (AvgIpc) is 2.89. The normalized spacial score (nSPS) is 18.5. The van der Waals surface area contributed by atoms with Gasteiger partial charge in [-0.2, -0.15) is 0 Å². The first-order chi connectivity index (χ1) is 16.5. The van der Waals surface area contributed by atoms with Crippen molar-refractivity contribution in [2.24, 2.45) is 5.92 Å². The molecule has 2 saturated heterocycles. The first-order valence-corrected chi connectivity index (χ1v) is 12.0. The zero-order valence-electron chi connectivity index (χ0n) is 19.9. The fraction of sp³-hybridized carbons (Fsp3) is 0.462. The third kappa shape index (κ3) is 5.38. The minimum atomic E-state index is -0.376. The molecule has 0 aliphatic carbocycles. The van der Waals surface area contributed by atoms with Crippen LogP contribution in [0, 0.1) is 12.8 Å². The van der Waals surface area contributed by atoms with Gasteiger partial charge in [-0.05, 0) is 51.0 Å². The van der Waals surface area contributed by atoms with E-state index in [0.717, 1.165) is 24.2 Å². The first kappa shape index (κ1) is 23.7. The molecule has 1 unspecified atom stereocenters. The van der Waals surface area contributed by atoms with Gasteiger partial charge in [-0.1, -0.05) is 17.7 Å². The number of aromatic nitrogens is 1. The van der Waals surface area contributed by atoms with E-state index >= 15 is 0 Å². The lowest BCUT2D eigenvalue weighted by Crippen LogP contribution is -2.53. The number of nitrogens with zero attached hydrogens (tertiary/aromatic N) is 4. The molecule has 0 radical (unpaired) electrons. The van der Waals surface area contributed by atoms with Crippen LogP contribution in [-0.4, -0.2) is 78.4 Å². The molecule has 1 aromatic heterocycles. The number of aryl methyl sites for hydroxylation is 1. The van der Waals surface area contributed by atoms with E-state index < -0.39 is 0 Å².